The van der Waals surface area contributed by atoms with Crippen molar-refractivity contribution in [1.82, 2.24) is 0 Å². The van der Waals surface area contributed by atoms with Crippen LogP contribution in [0.2, 0.25) is 0 Å². The minimum Gasteiger partial charge on any atom is -0.380 e. The molecule has 6 rings (SSSR count). The lowest BCUT2D eigenvalue weighted by Gasteiger charge is -2.67. The number of fused-ring (bicyclic) bond motifs is 7. The molecule has 0 spiro atoms. The summed E-state index contributed by atoms with van der Waals surface area (Å²) in [5.41, 5.74) is -4.12. The Kier molecular flexibility index (Phi) is 6.19. The van der Waals surface area contributed by atoms with E-state index in [1.54, 1.807) is 6.08 Å². The zero-order chi connectivity index (χ0) is 29.3. The highest BCUT2D eigenvalue weighted by Crippen LogP contribution is 2.73. The molecule has 5 aliphatic carbocycles. The molecule has 0 amide bonds. The maximum atomic E-state index is 13.4. The molecule has 8 unspecified atom stereocenters. The number of halogens is 3. The first-order valence-corrected chi connectivity index (χ1v) is 16.4. The van der Waals surface area contributed by atoms with Gasteiger partial charge in [-0.1, -0.05) is 47.1 Å². The van der Waals surface area contributed by atoms with E-state index in [1.807, 2.05) is 13.8 Å². The Bertz CT molecular complexity index is 1290. The van der Waals surface area contributed by atoms with Crippen LogP contribution >= 0.6 is 0 Å². The van der Waals surface area contributed by atoms with Gasteiger partial charge in [0, 0.05) is 17.3 Å². The monoisotopic (exact) mass is 584 g/mol. The Hall–Kier alpha value is -1.35. The van der Waals surface area contributed by atoms with E-state index in [0.717, 1.165) is 50.7 Å². The molecule has 224 valence electrons. The first-order valence-electron chi connectivity index (χ1n) is 15.0. The zero-order valence-electron chi connectivity index (χ0n) is 24.5. The van der Waals surface area contributed by atoms with Crippen molar-refractivity contribution >= 4 is 15.9 Å². The molecular formula is C31H43F3O5S. The van der Waals surface area contributed by atoms with Gasteiger partial charge in [-0.3, -0.25) is 4.79 Å². The van der Waals surface area contributed by atoms with Gasteiger partial charge in [-0.25, -0.2) is 0 Å². The van der Waals surface area contributed by atoms with Crippen LogP contribution in [-0.2, 0) is 23.8 Å². The van der Waals surface area contributed by atoms with Gasteiger partial charge in [0.1, 0.15) is 5.76 Å². The highest BCUT2D eigenvalue weighted by atomic mass is 32.2. The zero-order valence-corrected chi connectivity index (χ0v) is 25.3. The number of ether oxygens (including phenoxy) is 1. The predicted molar refractivity (Wildman–Crippen MR) is 144 cm³/mol. The Morgan fingerprint density at radius 1 is 1.00 bits per heavy atom. The van der Waals surface area contributed by atoms with Gasteiger partial charge in [-0.15, -0.1) is 0 Å². The normalized spacial score (nSPS) is 44.4. The van der Waals surface area contributed by atoms with Crippen molar-refractivity contribution in [3.05, 3.63) is 23.0 Å². The van der Waals surface area contributed by atoms with Crippen molar-refractivity contribution in [2.75, 3.05) is 6.61 Å². The van der Waals surface area contributed by atoms with E-state index >= 15 is 0 Å². The topological polar surface area (TPSA) is 73.0 Å². The van der Waals surface area contributed by atoms with Crippen LogP contribution in [0, 0.1) is 51.2 Å². The van der Waals surface area contributed by atoms with Crippen LogP contribution in [0.15, 0.2) is 23.0 Å². The molecule has 40 heavy (non-hydrogen) atoms. The van der Waals surface area contributed by atoms with Gasteiger partial charge in [0.25, 0.3) is 0 Å². The summed E-state index contributed by atoms with van der Waals surface area (Å²) in [5, 5.41) is 0. The number of epoxide rings is 1. The lowest BCUT2D eigenvalue weighted by Crippen LogP contribution is -2.60. The standard InChI is InChI=1S/C31H43F3O5S/c1-17(2)25-20(35)15-30(24-16-38-24)14-9-19-18(26(25)30)7-8-22-28(19,5)12-10-21-27(3,4)23(11-13-29(21,22)6)39-40(36,37)31(32,33)34/h11,17-19,21-22,24H,7-10,12-16H2,1-6H3. The molecule has 1 saturated heterocycles. The van der Waals surface area contributed by atoms with E-state index in [-0.39, 0.29) is 39.9 Å². The Labute approximate surface area is 236 Å². The van der Waals surface area contributed by atoms with Crippen molar-refractivity contribution in [2.24, 2.45) is 51.2 Å². The molecule has 5 nitrogen and oxygen atoms in total. The second-order valence-corrected chi connectivity index (χ2v) is 16.6. The highest BCUT2D eigenvalue weighted by Gasteiger charge is 2.68. The van der Waals surface area contributed by atoms with Gasteiger partial charge in [-0.05, 0) is 97.0 Å². The van der Waals surface area contributed by atoms with E-state index in [2.05, 4.69) is 27.7 Å². The van der Waals surface area contributed by atoms with Gasteiger partial charge in [-0.2, -0.15) is 21.6 Å². The van der Waals surface area contributed by atoms with E-state index in [9.17, 15) is 26.4 Å². The molecule has 1 heterocycles. The minimum atomic E-state index is -5.72. The first kappa shape index (κ1) is 28.8. The maximum absolute atomic E-state index is 13.4. The molecule has 0 radical (unpaired) electrons. The van der Waals surface area contributed by atoms with Gasteiger partial charge in [0.15, 0.2) is 5.78 Å². The fraction of sp³-hybridized carbons (Fsp3) is 0.839. The number of hydrogen-bond acceptors (Lipinski definition) is 5. The van der Waals surface area contributed by atoms with Crippen LogP contribution in [0.1, 0.15) is 92.9 Å². The van der Waals surface area contributed by atoms with Crippen LogP contribution < -0.4 is 0 Å². The van der Waals surface area contributed by atoms with E-state index < -0.39 is 21.0 Å². The number of allylic oxidation sites excluding steroid dienone is 3. The number of carbonyl (C=O) groups excluding carboxylic acids is 1. The first-order chi connectivity index (χ1) is 18.4. The minimum absolute atomic E-state index is 0.000831. The lowest BCUT2D eigenvalue weighted by molar-refractivity contribution is -0.164. The molecule has 4 fully saturated rings. The molecular weight excluding hydrogens is 541 g/mol. The quantitative estimate of drug-likeness (QED) is 0.196. The molecule has 0 N–H and O–H groups in total. The molecule has 0 aromatic heterocycles. The molecule has 1 aliphatic heterocycles. The van der Waals surface area contributed by atoms with Gasteiger partial charge in [0.05, 0.1) is 12.7 Å². The third-order valence-electron chi connectivity index (χ3n) is 12.6. The third kappa shape index (κ3) is 3.74. The van der Waals surface area contributed by atoms with Crippen molar-refractivity contribution in [3.63, 3.8) is 0 Å². The van der Waals surface area contributed by atoms with Crippen LogP contribution in [0.3, 0.4) is 0 Å². The number of carbonyl (C=O) groups is 1. The number of rotatable bonds is 4. The second-order valence-electron chi connectivity index (χ2n) is 15.0. The van der Waals surface area contributed by atoms with E-state index in [4.69, 9.17) is 8.92 Å². The fourth-order valence-electron chi connectivity index (χ4n) is 11.0. The summed E-state index contributed by atoms with van der Waals surface area (Å²) >= 11 is 0. The molecule has 0 aromatic rings. The predicted octanol–water partition coefficient (Wildman–Crippen LogP) is 7.34. The van der Waals surface area contributed by atoms with Crippen molar-refractivity contribution in [1.29, 1.82) is 0 Å². The van der Waals surface area contributed by atoms with Crippen LogP contribution in [0.5, 0.6) is 0 Å². The van der Waals surface area contributed by atoms with Gasteiger partial charge >= 0.3 is 15.6 Å². The molecule has 0 aromatic carbocycles. The van der Waals surface area contributed by atoms with E-state index in [0.29, 0.717) is 36.4 Å². The fourth-order valence-corrected chi connectivity index (χ4v) is 11.6. The number of alkyl halides is 3. The molecule has 3 saturated carbocycles. The average molecular weight is 585 g/mol. The summed E-state index contributed by atoms with van der Waals surface area (Å²) in [5.74, 6) is 1.58. The van der Waals surface area contributed by atoms with Gasteiger partial charge < -0.3 is 8.92 Å². The lowest BCUT2D eigenvalue weighted by atomic mass is 9.37. The molecule has 8 atom stereocenters. The average Bonchev–Trinajstić information content (AvgIpc) is 3.62. The van der Waals surface area contributed by atoms with Crippen molar-refractivity contribution in [2.45, 2.75) is 105 Å². The molecule has 9 heteroatoms. The number of Topliss-reactive ketones (excluding diaryl/α,β-unsaturated/α-hetero) is 1. The summed E-state index contributed by atoms with van der Waals surface area (Å²) in [6.07, 6.45) is 8.68. The summed E-state index contributed by atoms with van der Waals surface area (Å²) in [7, 11) is -5.72. The second kappa shape index (κ2) is 8.61. The summed E-state index contributed by atoms with van der Waals surface area (Å²) in [6.45, 7) is 13.4. The smallest absolute Gasteiger partial charge is 0.380 e. The van der Waals surface area contributed by atoms with Crippen LogP contribution in [0.4, 0.5) is 13.2 Å². The summed E-state index contributed by atoms with van der Waals surface area (Å²) < 4.78 is 74.1. The highest BCUT2D eigenvalue weighted by molar-refractivity contribution is 7.87. The van der Waals surface area contributed by atoms with Crippen LogP contribution in [-0.4, -0.2) is 32.4 Å². The SMILES string of the molecule is CC(C)C1=C2C3CCC4C(C)(CCC5C(C)(C)C(OS(=O)(=O)C(F)(F)F)=CCC54C)C3CCC2(C2CO2)CC1=O. The number of hydrogen-bond donors (Lipinski definition) is 0. The molecule has 6 aliphatic rings. The Morgan fingerprint density at radius 2 is 1.68 bits per heavy atom. The Balaban J connectivity index is 1.35. The number of ketones is 1. The van der Waals surface area contributed by atoms with Crippen molar-refractivity contribution < 1.29 is 35.3 Å². The maximum Gasteiger partial charge on any atom is 0.534 e. The van der Waals surface area contributed by atoms with Crippen LogP contribution in [0.25, 0.3) is 0 Å². The van der Waals surface area contributed by atoms with E-state index in [1.165, 1.54) is 5.57 Å². The largest absolute Gasteiger partial charge is 0.534 e. The third-order valence-corrected chi connectivity index (χ3v) is 13.5. The van der Waals surface area contributed by atoms with Crippen molar-refractivity contribution in [3.8, 4) is 0 Å². The summed E-state index contributed by atoms with van der Waals surface area (Å²) in [6, 6.07) is 0. The molecule has 0 bridgehead atoms. The van der Waals surface area contributed by atoms with Gasteiger partial charge in [0.2, 0.25) is 0 Å². The Morgan fingerprint density at radius 3 is 2.27 bits per heavy atom. The summed E-state index contributed by atoms with van der Waals surface area (Å²) in [4.78, 5) is 13.4.